The van der Waals surface area contributed by atoms with Gasteiger partial charge in [-0.2, -0.15) is 0 Å². The number of carbonyl (C=O) groups excluding carboxylic acids is 3. The van der Waals surface area contributed by atoms with Gasteiger partial charge < -0.3 is 76.2 Å². The van der Waals surface area contributed by atoms with Gasteiger partial charge in [0.05, 0.1) is 172 Å². The van der Waals surface area contributed by atoms with Crippen molar-refractivity contribution in [3.05, 3.63) is 24.3 Å². The van der Waals surface area contributed by atoms with E-state index in [0.29, 0.717) is 152 Å². The van der Waals surface area contributed by atoms with E-state index in [1.165, 1.54) is 116 Å². The average molecular weight is 1280 g/mol. The Balaban J connectivity index is 4.12. The molecule has 0 aromatic heterocycles. The number of ether oxygens (including phenoxy) is 15. The smallest absolute Gasteiger partial charge is 0.323 e. The highest BCUT2D eigenvalue weighted by atomic mass is 16.6. The number of aliphatic hydroxyl groups excluding tert-OH is 1. The van der Waals surface area contributed by atoms with Crippen molar-refractivity contribution >= 4 is 17.9 Å². The molecule has 2 N–H and O–H groups in total. The molecule has 0 spiro atoms. The van der Waals surface area contributed by atoms with Gasteiger partial charge in [-0.25, -0.2) is 0 Å². The number of rotatable bonds is 76. The number of nitrogens with one attached hydrogen (secondary N) is 1. The van der Waals surface area contributed by atoms with Crippen molar-refractivity contribution in [3.63, 3.8) is 0 Å². The molecule has 2 atom stereocenters. The summed E-state index contributed by atoms with van der Waals surface area (Å²) in [6, 6.07) is -1.12. The molecular weight excluding hydrogens is 1150 g/mol. The Morgan fingerprint density at radius 2 is 0.596 bits per heavy atom. The van der Waals surface area contributed by atoms with Crippen molar-refractivity contribution in [1.29, 1.82) is 0 Å². The van der Waals surface area contributed by atoms with Crippen LogP contribution in [0.25, 0.3) is 0 Å². The summed E-state index contributed by atoms with van der Waals surface area (Å²) in [5, 5.41) is 13.6. The number of hydrogen-bond donors (Lipinski definition) is 2. The van der Waals surface area contributed by atoms with E-state index in [2.05, 4.69) is 43.5 Å². The van der Waals surface area contributed by atoms with Crippen molar-refractivity contribution in [2.45, 2.75) is 225 Å². The quantitative estimate of drug-likeness (QED) is 0.0190. The molecule has 0 aromatic carbocycles. The zero-order valence-corrected chi connectivity index (χ0v) is 56.6. The first-order valence-corrected chi connectivity index (χ1v) is 35.0. The number of unbranched alkanes of at least 4 members (excludes halogenated alkanes) is 24. The van der Waals surface area contributed by atoms with Crippen LogP contribution in [0, 0.1) is 0 Å². The lowest BCUT2D eigenvalue weighted by atomic mass is 10.1. The third-order valence-electron chi connectivity index (χ3n) is 14.1. The first-order valence-electron chi connectivity index (χ1n) is 35.0. The zero-order valence-electron chi connectivity index (χ0n) is 56.6. The Morgan fingerprint density at radius 1 is 0.326 bits per heavy atom. The van der Waals surface area contributed by atoms with Gasteiger partial charge in [0.15, 0.2) is 0 Å². The molecule has 0 aliphatic rings. The van der Waals surface area contributed by atoms with Gasteiger partial charge in [0.1, 0.15) is 18.9 Å². The average Bonchev–Trinajstić information content (AvgIpc) is 3.61. The number of esters is 3. The largest absolute Gasteiger partial charge is 0.466 e. The SMILES string of the molecule is CCCCCCCCC=CCCCCCCCCOC(=O)CC(NC(O)CCC(=O)OCCOCCOCCOCCOCCOCCOCCOCCOCCOCCOCCOCCOC)C(=O)OCCCCCCCCC=CCCCCCCCC. The first kappa shape index (κ1) is 86.3. The molecule has 0 aromatic rings. The summed E-state index contributed by atoms with van der Waals surface area (Å²) >= 11 is 0. The second kappa shape index (κ2) is 76.0. The minimum atomic E-state index is -1.26. The Hall–Kier alpha value is -2.67. The van der Waals surface area contributed by atoms with E-state index in [0.717, 1.165) is 57.8 Å². The summed E-state index contributed by atoms with van der Waals surface area (Å²) in [6.07, 6.45) is 40.8. The van der Waals surface area contributed by atoms with Gasteiger partial charge in [0.25, 0.3) is 0 Å². The van der Waals surface area contributed by atoms with Crippen LogP contribution in [0.15, 0.2) is 24.3 Å². The molecule has 2 unspecified atom stereocenters. The lowest BCUT2D eigenvalue weighted by Crippen LogP contribution is -2.46. The van der Waals surface area contributed by atoms with Crippen LogP contribution in [0.1, 0.15) is 213 Å². The van der Waals surface area contributed by atoms with Crippen LogP contribution in [-0.2, 0) is 85.4 Å². The molecule has 526 valence electrons. The van der Waals surface area contributed by atoms with Crippen molar-refractivity contribution in [2.75, 3.05) is 179 Å². The van der Waals surface area contributed by atoms with Gasteiger partial charge in [0.2, 0.25) is 0 Å². The predicted molar refractivity (Wildman–Crippen MR) is 349 cm³/mol. The zero-order chi connectivity index (χ0) is 64.3. The van der Waals surface area contributed by atoms with Crippen molar-refractivity contribution in [3.8, 4) is 0 Å². The molecule has 89 heavy (non-hydrogen) atoms. The monoisotopic (exact) mass is 1280 g/mol. The molecule has 0 aliphatic heterocycles. The number of hydrogen-bond acceptors (Lipinski definition) is 20. The molecule has 0 heterocycles. The molecule has 20 heteroatoms. The Kier molecular flexibility index (Phi) is 73.8. The number of aliphatic hydroxyl groups is 1. The minimum absolute atomic E-state index is 0.0312. The fourth-order valence-corrected chi connectivity index (χ4v) is 8.89. The molecule has 0 bridgehead atoms. The fraction of sp³-hybridized carbons (Fsp3) is 0.899. The third-order valence-corrected chi connectivity index (χ3v) is 14.1. The van der Waals surface area contributed by atoms with E-state index < -0.39 is 30.2 Å². The molecule has 0 fully saturated rings. The highest BCUT2D eigenvalue weighted by molar-refractivity contribution is 5.82. The number of allylic oxidation sites excluding steroid dienone is 4. The molecule has 0 aliphatic carbocycles. The number of methoxy groups -OCH3 is 1. The predicted octanol–water partition coefficient (Wildman–Crippen LogP) is 12.0. The molecule has 0 saturated heterocycles. The van der Waals surface area contributed by atoms with E-state index >= 15 is 0 Å². The maximum atomic E-state index is 13.3. The Labute approximate surface area is 540 Å². The summed E-state index contributed by atoms with van der Waals surface area (Å²) < 4.78 is 81.7. The minimum Gasteiger partial charge on any atom is -0.466 e. The molecule has 0 rings (SSSR count). The van der Waals surface area contributed by atoms with Gasteiger partial charge in [-0.05, 0) is 70.6 Å². The topological polar surface area (TPSA) is 222 Å². The standard InChI is InChI=1S/C69H131NO19/c1-4-6-8-10-12-14-16-18-20-22-24-26-28-30-32-34-38-87-68(73)64-65(69(74)89-39-35-33-31-29-27-25-23-21-19-17-15-13-11-9-7-5-2)70-66(71)36-37-67(72)88-63-62-86-61-60-85-59-58-84-57-56-83-55-54-82-53-52-81-51-50-80-49-48-79-47-46-78-45-44-77-43-42-76-41-40-75-3/h18-21,65-66,70-71H,4-17,22-64H2,1-3H3. The van der Waals surface area contributed by atoms with Gasteiger partial charge in [0, 0.05) is 13.5 Å². The van der Waals surface area contributed by atoms with E-state index in [1.807, 2.05) is 0 Å². The van der Waals surface area contributed by atoms with E-state index in [1.54, 1.807) is 7.11 Å². The van der Waals surface area contributed by atoms with Gasteiger partial charge >= 0.3 is 17.9 Å². The molecule has 0 radical (unpaired) electrons. The second-order valence-corrected chi connectivity index (χ2v) is 22.2. The summed E-state index contributed by atoms with van der Waals surface area (Å²) in [7, 11) is 1.64. The van der Waals surface area contributed by atoms with Gasteiger partial charge in [-0.3, -0.25) is 19.7 Å². The van der Waals surface area contributed by atoms with Crippen molar-refractivity contribution in [1.82, 2.24) is 5.32 Å². The Morgan fingerprint density at radius 3 is 0.921 bits per heavy atom. The molecule has 0 amide bonds. The van der Waals surface area contributed by atoms with E-state index in [-0.39, 0.29) is 45.7 Å². The van der Waals surface area contributed by atoms with Crippen LogP contribution >= 0.6 is 0 Å². The maximum absolute atomic E-state index is 13.3. The van der Waals surface area contributed by atoms with Crippen LogP contribution in [0.3, 0.4) is 0 Å². The van der Waals surface area contributed by atoms with E-state index in [4.69, 9.17) is 71.1 Å². The normalized spacial score (nSPS) is 12.4. The highest BCUT2D eigenvalue weighted by Crippen LogP contribution is 2.13. The lowest BCUT2D eigenvalue weighted by Gasteiger charge is -2.21. The number of carbonyl (C=O) groups is 3. The molecule has 20 nitrogen and oxygen atoms in total. The highest BCUT2D eigenvalue weighted by Gasteiger charge is 2.27. The van der Waals surface area contributed by atoms with Crippen molar-refractivity contribution < 1.29 is 90.5 Å². The van der Waals surface area contributed by atoms with E-state index in [9.17, 15) is 19.5 Å². The maximum Gasteiger partial charge on any atom is 0.323 e. The third kappa shape index (κ3) is 72.6. The van der Waals surface area contributed by atoms with Crippen LogP contribution in [-0.4, -0.2) is 214 Å². The van der Waals surface area contributed by atoms with Crippen LogP contribution in [0.4, 0.5) is 0 Å². The first-order chi connectivity index (χ1) is 43.9. The van der Waals surface area contributed by atoms with Crippen LogP contribution < -0.4 is 5.32 Å². The van der Waals surface area contributed by atoms with Crippen molar-refractivity contribution in [2.24, 2.45) is 0 Å². The summed E-state index contributed by atoms with van der Waals surface area (Å²) in [5.74, 6) is -1.69. The van der Waals surface area contributed by atoms with Crippen LogP contribution in [0.2, 0.25) is 0 Å². The summed E-state index contributed by atoms with van der Waals surface area (Å²) in [4.78, 5) is 38.7. The lowest BCUT2D eigenvalue weighted by molar-refractivity contribution is -0.154. The molecule has 0 saturated carbocycles. The fourth-order valence-electron chi connectivity index (χ4n) is 8.89. The van der Waals surface area contributed by atoms with Gasteiger partial charge in [-0.1, -0.05) is 154 Å². The summed E-state index contributed by atoms with van der Waals surface area (Å²) in [6.45, 7) is 15.6. The summed E-state index contributed by atoms with van der Waals surface area (Å²) in [5.41, 5.74) is 0. The van der Waals surface area contributed by atoms with Gasteiger partial charge in [-0.15, -0.1) is 0 Å². The molecular formula is C69H131NO19. The second-order valence-electron chi connectivity index (χ2n) is 22.2. The Bertz CT molecular complexity index is 1500. The van der Waals surface area contributed by atoms with Crippen LogP contribution in [0.5, 0.6) is 0 Å².